The van der Waals surface area contributed by atoms with E-state index >= 15 is 0 Å². The van der Waals surface area contributed by atoms with Gasteiger partial charge in [-0.2, -0.15) is 8.78 Å². The molecule has 0 radical (unpaired) electrons. The lowest BCUT2D eigenvalue weighted by atomic mass is 10.1. The van der Waals surface area contributed by atoms with Crippen LogP contribution in [0, 0.1) is 10.1 Å². The Bertz CT molecular complexity index is 1120. The lowest BCUT2D eigenvalue weighted by Crippen LogP contribution is -2.34. The number of hydrogen-bond donors (Lipinski definition) is 1. The highest BCUT2D eigenvalue weighted by Gasteiger charge is 2.41. The number of carbonyl (C=O) groups excluding carboxylic acids is 1. The number of nitrogens with zero attached hydrogens (tertiary/aromatic N) is 4. The number of amides is 1. The molecule has 2 aromatic heterocycles. The van der Waals surface area contributed by atoms with Crippen LogP contribution in [0.15, 0.2) is 42.9 Å². The van der Waals surface area contributed by atoms with E-state index in [9.17, 15) is 32.5 Å². The van der Waals surface area contributed by atoms with Gasteiger partial charge in [0.15, 0.2) is 6.61 Å². The van der Waals surface area contributed by atoms with Gasteiger partial charge in [-0.15, -0.1) is 0 Å². The lowest BCUT2D eigenvalue weighted by molar-refractivity contribution is -0.383. The summed E-state index contributed by atoms with van der Waals surface area (Å²) in [4.78, 5) is 30.5. The molecule has 0 spiro atoms. The summed E-state index contributed by atoms with van der Waals surface area (Å²) in [7, 11) is 0. The quantitative estimate of drug-likeness (QED) is 0.300. The molecule has 0 aliphatic heterocycles. The molecule has 0 fully saturated rings. The number of nitro benzene ring substituents is 1. The second-order valence-electron chi connectivity index (χ2n) is 6.83. The highest BCUT2D eigenvalue weighted by Crippen LogP contribution is 2.27. The molecule has 0 bridgehead atoms. The van der Waals surface area contributed by atoms with E-state index in [0.717, 1.165) is 0 Å². The summed E-state index contributed by atoms with van der Waals surface area (Å²) >= 11 is 0. The molecule has 0 saturated carbocycles. The van der Waals surface area contributed by atoms with Gasteiger partial charge in [-0.05, 0) is 17.7 Å². The van der Waals surface area contributed by atoms with Crippen molar-refractivity contribution in [2.24, 2.45) is 0 Å². The lowest BCUT2D eigenvalue weighted by Gasteiger charge is -2.20. The van der Waals surface area contributed by atoms with Crippen molar-refractivity contribution in [1.29, 1.82) is 0 Å². The predicted molar refractivity (Wildman–Crippen MR) is 104 cm³/mol. The van der Waals surface area contributed by atoms with Crippen LogP contribution in [0.2, 0.25) is 0 Å². The minimum atomic E-state index is -4.32. The van der Waals surface area contributed by atoms with Crippen LogP contribution < -0.4 is 10.1 Å². The largest absolute Gasteiger partial charge is 0.471 e. The standard InChI is InChI=1S/C19H17F4N5O4/c1-11(29)26-14(8-27-10-25-13-3-2-4-15(17(13)27)28(30)31)12-5-6-16(24-7-12)32-9-19(22,23)18(20)21/h2-7,10,14,18H,8-9H2,1H3,(H,26,29). The van der Waals surface area contributed by atoms with E-state index in [1.54, 1.807) is 6.07 Å². The number of ether oxygens (including phenoxy) is 1. The van der Waals surface area contributed by atoms with E-state index in [2.05, 4.69) is 20.0 Å². The average Bonchev–Trinajstić information content (AvgIpc) is 3.14. The van der Waals surface area contributed by atoms with Crippen molar-refractivity contribution < 1.29 is 32.0 Å². The Hall–Kier alpha value is -3.77. The number of imidazole rings is 1. The minimum absolute atomic E-state index is 0.0479. The second-order valence-corrected chi connectivity index (χ2v) is 6.83. The average molecular weight is 455 g/mol. The number of hydrogen-bond acceptors (Lipinski definition) is 6. The number of aromatic nitrogens is 3. The Balaban J connectivity index is 1.84. The molecule has 32 heavy (non-hydrogen) atoms. The van der Waals surface area contributed by atoms with E-state index in [4.69, 9.17) is 0 Å². The molecular weight excluding hydrogens is 438 g/mol. The molecule has 0 aliphatic rings. The third kappa shape index (κ3) is 5.10. The van der Waals surface area contributed by atoms with E-state index in [1.807, 2.05) is 0 Å². The molecular formula is C19H17F4N5O4. The number of nitro groups is 1. The van der Waals surface area contributed by atoms with Gasteiger partial charge in [0.2, 0.25) is 11.8 Å². The molecule has 9 nitrogen and oxygen atoms in total. The van der Waals surface area contributed by atoms with Gasteiger partial charge < -0.3 is 14.6 Å². The van der Waals surface area contributed by atoms with Crippen LogP contribution in [0.25, 0.3) is 11.0 Å². The first-order chi connectivity index (χ1) is 15.1. The normalized spacial score (nSPS) is 12.7. The fourth-order valence-electron chi connectivity index (χ4n) is 2.99. The molecule has 13 heteroatoms. The van der Waals surface area contributed by atoms with Gasteiger partial charge in [0, 0.05) is 31.8 Å². The fourth-order valence-corrected chi connectivity index (χ4v) is 2.99. The number of non-ortho nitro benzene ring substituents is 1. The number of benzene rings is 1. The monoisotopic (exact) mass is 455 g/mol. The summed E-state index contributed by atoms with van der Waals surface area (Å²) in [6.07, 6.45) is -1.26. The Labute approximate surface area is 178 Å². The molecule has 2 heterocycles. The Morgan fingerprint density at radius 1 is 1.28 bits per heavy atom. The zero-order valence-corrected chi connectivity index (χ0v) is 16.5. The summed E-state index contributed by atoms with van der Waals surface area (Å²) < 4.78 is 56.6. The zero-order chi connectivity index (χ0) is 23.5. The van der Waals surface area contributed by atoms with E-state index < -0.39 is 35.8 Å². The number of carbonyl (C=O) groups is 1. The molecule has 0 aliphatic carbocycles. The maximum absolute atomic E-state index is 13.0. The van der Waals surface area contributed by atoms with Crippen LogP contribution in [-0.2, 0) is 11.3 Å². The van der Waals surface area contributed by atoms with Gasteiger partial charge in [-0.3, -0.25) is 14.9 Å². The number of pyridine rings is 1. The van der Waals surface area contributed by atoms with Gasteiger partial charge in [0.1, 0.15) is 5.52 Å². The summed E-state index contributed by atoms with van der Waals surface area (Å²) in [5.74, 6) is -5.03. The third-order valence-corrected chi connectivity index (χ3v) is 4.46. The summed E-state index contributed by atoms with van der Waals surface area (Å²) in [5.41, 5.74) is 0.912. The number of halogens is 4. The Morgan fingerprint density at radius 3 is 2.62 bits per heavy atom. The number of alkyl halides is 4. The van der Waals surface area contributed by atoms with E-state index in [-0.39, 0.29) is 23.6 Å². The first-order valence-corrected chi connectivity index (χ1v) is 9.18. The van der Waals surface area contributed by atoms with Crippen LogP contribution >= 0.6 is 0 Å². The van der Waals surface area contributed by atoms with Gasteiger partial charge in [0.05, 0.1) is 22.8 Å². The van der Waals surface area contributed by atoms with Crippen molar-refractivity contribution in [3.8, 4) is 5.88 Å². The summed E-state index contributed by atoms with van der Waals surface area (Å²) in [6.45, 7) is -0.220. The number of para-hydroxylation sites is 1. The van der Waals surface area contributed by atoms with Crippen LogP contribution in [0.4, 0.5) is 23.2 Å². The number of nitrogens with one attached hydrogen (secondary N) is 1. The van der Waals surface area contributed by atoms with E-state index in [1.165, 1.54) is 48.3 Å². The third-order valence-electron chi connectivity index (χ3n) is 4.46. The van der Waals surface area contributed by atoms with E-state index in [0.29, 0.717) is 11.1 Å². The Kier molecular flexibility index (Phi) is 6.55. The predicted octanol–water partition coefficient (Wildman–Crippen LogP) is 3.50. The molecule has 1 amide bonds. The molecule has 3 rings (SSSR count). The smallest absolute Gasteiger partial charge is 0.340 e. The molecule has 3 aromatic rings. The topological polar surface area (TPSA) is 112 Å². The first kappa shape index (κ1) is 22.9. The maximum Gasteiger partial charge on any atom is 0.340 e. The molecule has 1 atom stereocenters. The van der Waals surface area contributed by atoms with Crippen molar-refractivity contribution in [2.75, 3.05) is 6.61 Å². The molecule has 1 unspecified atom stereocenters. The van der Waals surface area contributed by atoms with Crippen molar-refractivity contribution in [3.63, 3.8) is 0 Å². The molecule has 0 saturated heterocycles. The maximum atomic E-state index is 13.0. The van der Waals surface area contributed by atoms with Crippen LogP contribution in [0.5, 0.6) is 5.88 Å². The second kappa shape index (κ2) is 9.16. The summed E-state index contributed by atoms with van der Waals surface area (Å²) in [6, 6.07) is 6.33. The molecule has 170 valence electrons. The summed E-state index contributed by atoms with van der Waals surface area (Å²) in [5, 5.41) is 14.1. The van der Waals surface area contributed by atoms with Crippen LogP contribution in [0.1, 0.15) is 18.5 Å². The highest BCUT2D eigenvalue weighted by molar-refractivity contribution is 5.84. The Morgan fingerprint density at radius 2 is 2.03 bits per heavy atom. The van der Waals surface area contributed by atoms with Gasteiger partial charge >= 0.3 is 12.3 Å². The van der Waals surface area contributed by atoms with Crippen molar-refractivity contribution in [3.05, 3.63) is 58.5 Å². The van der Waals surface area contributed by atoms with Crippen molar-refractivity contribution in [1.82, 2.24) is 19.9 Å². The number of fused-ring (bicyclic) bond motifs is 1. The SMILES string of the molecule is CC(=O)NC(Cn1cnc2cccc([N+](=O)[O-])c21)c1ccc(OCC(F)(F)C(F)F)nc1. The van der Waals surface area contributed by atoms with Crippen LogP contribution in [-0.4, -0.2) is 44.3 Å². The highest BCUT2D eigenvalue weighted by atomic mass is 19.3. The van der Waals surface area contributed by atoms with Crippen molar-refractivity contribution in [2.45, 2.75) is 31.9 Å². The molecule has 1 N–H and O–H groups in total. The minimum Gasteiger partial charge on any atom is -0.471 e. The van der Waals surface area contributed by atoms with Crippen LogP contribution in [0.3, 0.4) is 0 Å². The fraction of sp³-hybridized carbons (Fsp3) is 0.316. The first-order valence-electron chi connectivity index (χ1n) is 9.18. The van der Waals surface area contributed by atoms with Gasteiger partial charge in [0.25, 0.3) is 5.69 Å². The molecule has 1 aromatic carbocycles. The van der Waals surface area contributed by atoms with Crippen molar-refractivity contribution >= 4 is 22.6 Å². The number of rotatable bonds is 9. The van der Waals surface area contributed by atoms with Gasteiger partial charge in [-0.25, -0.2) is 18.7 Å². The van der Waals surface area contributed by atoms with Gasteiger partial charge in [-0.1, -0.05) is 6.07 Å². The zero-order valence-electron chi connectivity index (χ0n) is 16.5.